The average Bonchev–Trinajstić information content (AvgIpc) is 3.11. The fraction of sp³-hybridized carbons (Fsp3) is 0.0417. The molecule has 1 aliphatic rings. The van der Waals surface area contributed by atoms with E-state index >= 15 is 0 Å². The number of carbonyl (C=O) groups excluding carboxylic acids is 2. The number of benzene rings is 3. The molecule has 1 heterocycles. The van der Waals surface area contributed by atoms with Crippen molar-refractivity contribution in [2.24, 2.45) is 4.99 Å². The van der Waals surface area contributed by atoms with Crippen molar-refractivity contribution in [1.82, 2.24) is 0 Å². The molecule has 0 fully saturated rings. The molecule has 0 atom stereocenters. The van der Waals surface area contributed by atoms with Crippen LogP contribution in [0.5, 0.6) is 5.75 Å². The van der Waals surface area contributed by atoms with Gasteiger partial charge in [-0.2, -0.15) is 0 Å². The Balaban J connectivity index is 1.60. The minimum absolute atomic E-state index is 0.0199. The van der Waals surface area contributed by atoms with Gasteiger partial charge >= 0.3 is 11.9 Å². The van der Waals surface area contributed by atoms with Crippen molar-refractivity contribution in [3.8, 4) is 5.75 Å². The largest absolute Gasteiger partial charge is 0.421 e. The molecule has 5 nitrogen and oxygen atoms in total. The van der Waals surface area contributed by atoms with Crippen LogP contribution < -0.4 is 4.74 Å². The molecule has 0 spiro atoms. The zero-order valence-electron chi connectivity index (χ0n) is 16.6. The molecule has 0 bridgehead atoms. The van der Waals surface area contributed by atoms with Gasteiger partial charge in [0.25, 0.3) is 0 Å². The molecule has 0 N–H and O–H groups in total. The van der Waals surface area contributed by atoms with Gasteiger partial charge in [0, 0.05) is 0 Å². The number of aryl methyl sites for hydroxylation is 1. The predicted octanol–water partition coefficient (Wildman–Crippen LogP) is 6.22. The lowest BCUT2D eigenvalue weighted by Crippen LogP contribution is -2.09. The Morgan fingerprint density at radius 3 is 2.38 bits per heavy atom. The highest BCUT2D eigenvalue weighted by atomic mass is 79.9. The first kappa shape index (κ1) is 22.1. The van der Waals surface area contributed by atoms with Crippen molar-refractivity contribution in [1.29, 1.82) is 0 Å². The van der Waals surface area contributed by atoms with Gasteiger partial charge in [-0.1, -0.05) is 29.8 Å². The summed E-state index contributed by atoms with van der Waals surface area (Å²) in [5.74, 6) is -1.53. The Labute approximate surface area is 199 Å². The predicted molar refractivity (Wildman–Crippen MR) is 125 cm³/mol. The monoisotopic (exact) mass is 557 g/mol. The summed E-state index contributed by atoms with van der Waals surface area (Å²) in [6, 6.07) is 16.3. The van der Waals surface area contributed by atoms with Gasteiger partial charge in [0.2, 0.25) is 5.90 Å². The lowest BCUT2D eigenvalue weighted by Gasteiger charge is -2.10. The fourth-order valence-corrected chi connectivity index (χ4v) is 4.30. The van der Waals surface area contributed by atoms with Gasteiger partial charge in [-0.25, -0.2) is 19.0 Å². The molecular formula is C24H14Br2FNO4. The number of esters is 2. The number of hydrogen-bond donors (Lipinski definition) is 0. The van der Waals surface area contributed by atoms with Gasteiger partial charge in [0.05, 0.1) is 20.1 Å². The minimum Gasteiger partial charge on any atom is -0.421 e. The van der Waals surface area contributed by atoms with E-state index in [4.69, 9.17) is 9.47 Å². The van der Waals surface area contributed by atoms with Gasteiger partial charge in [0.1, 0.15) is 5.82 Å². The normalized spacial score (nSPS) is 14.3. The molecule has 1 aliphatic heterocycles. The molecule has 0 amide bonds. The van der Waals surface area contributed by atoms with E-state index in [9.17, 15) is 14.0 Å². The van der Waals surface area contributed by atoms with E-state index in [2.05, 4.69) is 36.9 Å². The quantitative estimate of drug-likeness (QED) is 0.216. The van der Waals surface area contributed by atoms with Gasteiger partial charge < -0.3 is 9.47 Å². The third kappa shape index (κ3) is 4.71. The summed E-state index contributed by atoms with van der Waals surface area (Å²) in [5.41, 5.74) is 2.16. The van der Waals surface area contributed by atoms with Crippen LogP contribution in [-0.4, -0.2) is 17.8 Å². The Kier molecular flexibility index (Phi) is 6.34. The summed E-state index contributed by atoms with van der Waals surface area (Å²) < 4.78 is 25.6. The lowest BCUT2D eigenvalue weighted by molar-refractivity contribution is -0.129. The molecule has 32 heavy (non-hydrogen) atoms. The van der Waals surface area contributed by atoms with Crippen molar-refractivity contribution in [2.45, 2.75) is 6.92 Å². The first-order valence-corrected chi connectivity index (χ1v) is 11.0. The SMILES string of the molecule is Cc1ccc(C(=O)Oc2c(Br)cc(/C=C3\N=C(c4ccccc4F)OC3=O)cc2Br)cc1. The van der Waals surface area contributed by atoms with Crippen molar-refractivity contribution in [3.63, 3.8) is 0 Å². The van der Waals surface area contributed by atoms with Gasteiger partial charge in [0.15, 0.2) is 11.4 Å². The molecule has 0 saturated heterocycles. The van der Waals surface area contributed by atoms with Crippen LogP contribution in [0.3, 0.4) is 0 Å². The summed E-state index contributed by atoms with van der Waals surface area (Å²) in [6.45, 7) is 1.93. The zero-order chi connectivity index (χ0) is 22.8. The standard InChI is InChI=1S/C24H14Br2FNO4/c1-13-6-8-15(9-7-13)23(29)31-21-17(25)10-14(11-18(21)26)12-20-24(30)32-22(28-20)16-4-2-3-5-19(16)27/h2-12H,1H3/b20-12-. The van der Waals surface area contributed by atoms with Gasteiger partial charge in [-0.05, 0) is 86.8 Å². The molecule has 0 unspecified atom stereocenters. The second kappa shape index (κ2) is 9.18. The number of hydrogen-bond acceptors (Lipinski definition) is 5. The lowest BCUT2D eigenvalue weighted by atomic mass is 10.1. The number of rotatable bonds is 4. The zero-order valence-corrected chi connectivity index (χ0v) is 19.7. The Morgan fingerprint density at radius 1 is 1.06 bits per heavy atom. The number of nitrogens with zero attached hydrogens (tertiary/aromatic N) is 1. The summed E-state index contributed by atoms with van der Waals surface area (Å²) in [5, 5.41) is 0. The molecule has 4 rings (SSSR count). The summed E-state index contributed by atoms with van der Waals surface area (Å²) in [4.78, 5) is 28.8. The van der Waals surface area contributed by atoms with Crippen LogP contribution in [0.15, 0.2) is 80.3 Å². The molecule has 0 aliphatic carbocycles. The Hall–Kier alpha value is -3.10. The van der Waals surface area contributed by atoms with E-state index in [1.54, 1.807) is 30.3 Å². The number of aliphatic imine (C=N–C) groups is 1. The van der Waals surface area contributed by atoms with E-state index < -0.39 is 17.8 Å². The van der Waals surface area contributed by atoms with E-state index in [0.717, 1.165) is 5.56 Å². The second-order valence-corrected chi connectivity index (χ2v) is 8.59. The van der Waals surface area contributed by atoms with Crippen LogP contribution in [0.4, 0.5) is 4.39 Å². The molecule has 0 aromatic heterocycles. The third-order valence-corrected chi connectivity index (χ3v) is 5.71. The second-order valence-electron chi connectivity index (χ2n) is 6.89. The molecular weight excluding hydrogens is 545 g/mol. The highest BCUT2D eigenvalue weighted by Gasteiger charge is 2.26. The molecule has 0 radical (unpaired) electrons. The van der Waals surface area contributed by atoms with Crippen LogP contribution in [0.1, 0.15) is 27.0 Å². The first-order chi connectivity index (χ1) is 15.3. The molecule has 3 aromatic rings. The number of ether oxygens (including phenoxy) is 2. The van der Waals surface area contributed by atoms with Crippen LogP contribution in [0, 0.1) is 12.7 Å². The molecule has 160 valence electrons. The maximum atomic E-state index is 14.0. The van der Waals surface area contributed by atoms with Crippen molar-refractivity contribution >= 4 is 55.8 Å². The van der Waals surface area contributed by atoms with Gasteiger partial charge in [-0.15, -0.1) is 0 Å². The average molecular weight is 559 g/mol. The van der Waals surface area contributed by atoms with Crippen LogP contribution in [0.25, 0.3) is 6.08 Å². The smallest absolute Gasteiger partial charge is 0.363 e. The summed E-state index contributed by atoms with van der Waals surface area (Å²) in [7, 11) is 0. The number of cyclic esters (lactones) is 1. The third-order valence-electron chi connectivity index (χ3n) is 4.53. The number of halogens is 3. The van der Waals surface area contributed by atoms with E-state index in [0.29, 0.717) is 25.8 Å². The Bertz CT molecular complexity index is 1280. The summed E-state index contributed by atoms with van der Waals surface area (Å²) in [6.07, 6.45) is 1.50. The van der Waals surface area contributed by atoms with Gasteiger partial charge in [-0.3, -0.25) is 0 Å². The van der Waals surface area contributed by atoms with Crippen LogP contribution >= 0.6 is 31.9 Å². The highest BCUT2D eigenvalue weighted by molar-refractivity contribution is 9.11. The number of carbonyl (C=O) groups is 2. The molecule has 0 saturated carbocycles. The maximum Gasteiger partial charge on any atom is 0.363 e. The first-order valence-electron chi connectivity index (χ1n) is 9.37. The molecule has 3 aromatic carbocycles. The van der Waals surface area contributed by atoms with Crippen LogP contribution in [0.2, 0.25) is 0 Å². The van der Waals surface area contributed by atoms with Crippen molar-refractivity contribution < 1.29 is 23.5 Å². The van der Waals surface area contributed by atoms with Crippen molar-refractivity contribution in [3.05, 3.63) is 103 Å². The van der Waals surface area contributed by atoms with E-state index in [1.165, 1.54) is 24.3 Å². The Morgan fingerprint density at radius 2 is 1.72 bits per heavy atom. The fourth-order valence-electron chi connectivity index (χ4n) is 2.92. The maximum absolute atomic E-state index is 14.0. The summed E-state index contributed by atoms with van der Waals surface area (Å²) >= 11 is 6.79. The van der Waals surface area contributed by atoms with E-state index in [-0.39, 0.29) is 17.2 Å². The van der Waals surface area contributed by atoms with Crippen LogP contribution in [-0.2, 0) is 9.53 Å². The topological polar surface area (TPSA) is 65.0 Å². The molecule has 8 heteroatoms. The van der Waals surface area contributed by atoms with Crippen molar-refractivity contribution in [2.75, 3.05) is 0 Å². The highest BCUT2D eigenvalue weighted by Crippen LogP contribution is 2.36. The minimum atomic E-state index is -0.689. The van der Waals surface area contributed by atoms with E-state index in [1.807, 2.05) is 19.1 Å².